The molecule has 2 amide bonds. The van der Waals surface area contributed by atoms with Crippen LogP contribution in [0.25, 0.3) is 0 Å². The van der Waals surface area contributed by atoms with E-state index in [0.29, 0.717) is 38.3 Å². The van der Waals surface area contributed by atoms with E-state index in [9.17, 15) is 9.59 Å². The average Bonchev–Trinajstić information content (AvgIpc) is 3.11. The Bertz CT molecular complexity index is 583. The second kappa shape index (κ2) is 5.72. The molecule has 7 nitrogen and oxygen atoms in total. The number of amides is 2. The highest BCUT2D eigenvalue weighted by atomic mass is 16.3. The van der Waals surface area contributed by atoms with Crippen molar-refractivity contribution >= 4 is 11.8 Å². The van der Waals surface area contributed by atoms with Gasteiger partial charge >= 0.3 is 0 Å². The third kappa shape index (κ3) is 2.39. The molecule has 3 heterocycles. The fourth-order valence-electron chi connectivity index (χ4n) is 3.66. The van der Waals surface area contributed by atoms with Crippen LogP contribution in [0.2, 0.25) is 0 Å². The summed E-state index contributed by atoms with van der Waals surface area (Å²) in [4.78, 5) is 28.8. The van der Waals surface area contributed by atoms with Gasteiger partial charge in [0.15, 0.2) is 0 Å². The topological polar surface area (TPSA) is 78.7 Å². The molecule has 1 atom stereocenters. The summed E-state index contributed by atoms with van der Waals surface area (Å²) in [5.41, 5.74) is 0.0920. The van der Waals surface area contributed by atoms with Crippen LogP contribution in [0, 0.1) is 5.41 Å². The maximum Gasteiger partial charge on any atom is 0.272 e. The highest BCUT2D eigenvalue weighted by Crippen LogP contribution is 2.40. The molecule has 2 aliphatic rings. The van der Waals surface area contributed by atoms with Crippen LogP contribution in [0.15, 0.2) is 12.3 Å². The van der Waals surface area contributed by atoms with Crippen molar-refractivity contribution in [2.24, 2.45) is 12.5 Å². The summed E-state index contributed by atoms with van der Waals surface area (Å²) in [5.74, 6) is 0.0251. The van der Waals surface area contributed by atoms with E-state index in [-0.39, 0.29) is 18.4 Å². The van der Waals surface area contributed by atoms with E-state index in [4.69, 9.17) is 5.11 Å². The van der Waals surface area contributed by atoms with Gasteiger partial charge in [-0.15, -0.1) is 0 Å². The Balaban J connectivity index is 1.75. The van der Waals surface area contributed by atoms with Gasteiger partial charge in [0.2, 0.25) is 5.91 Å². The van der Waals surface area contributed by atoms with E-state index in [2.05, 4.69) is 5.10 Å². The minimum absolute atomic E-state index is 0.0144. The minimum Gasteiger partial charge on any atom is -0.395 e. The number of aliphatic hydroxyl groups excluding tert-OH is 1. The summed E-state index contributed by atoms with van der Waals surface area (Å²) in [6.07, 6.45) is 4.06. The van der Waals surface area contributed by atoms with Gasteiger partial charge in [0.05, 0.1) is 12.0 Å². The molecular weight excluding hydrogens is 284 g/mol. The van der Waals surface area contributed by atoms with Crippen molar-refractivity contribution in [3.05, 3.63) is 18.0 Å². The molecule has 0 radical (unpaired) electrons. The Labute approximate surface area is 129 Å². The first-order valence-corrected chi connectivity index (χ1v) is 7.75. The fraction of sp³-hybridized carbons (Fsp3) is 0.667. The lowest BCUT2D eigenvalue weighted by Crippen LogP contribution is -2.51. The highest BCUT2D eigenvalue weighted by molar-refractivity contribution is 5.94. The largest absolute Gasteiger partial charge is 0.395 e. The molecule has 1 N–H and O–H groups in total. The predicted molar refractivity (Wildman–Crippen MR) is 79.1 cm³/mol. The van der Waals surface area contributed by atoms with Crippen molar-refractivity contribution in [1.29, 1.82) is 0 Å². The first kappa shape index (κ1) is 15.0. The number of carbonyl (C=O) groups excluding carboxylic acids is 2. The van der Waals surface area contributed by atoms with Crippen molar-refractivity contribution in [2.45, 2.75) is 19.3 Å². The summed E-state index contributed by atoms with van der Waals surface area (Å²) >= 11 is 0. The summed E-state index contributed by atoms with van der Waals surface area (Å²) in [5, 5.41) is 13.1. The number of β-amino-alcohol motifs (C(OH)–C–C–N with tert-alkyl or cyclic N) is 1. The van der Waals surface area contributed by atoms with E-state index in [1.165, 1.54) is 0 Å². The van der Waals surface area contributed by atoms with Gasteiger partial charge in [0.25, 0.3) is 5.91 Å². The molecule has 2 aliphatic heterocycles. The number of aryl methyl sites for hydroxylation is 1. The van der Waals surface area contributed by atoms with E-state index in [1.54, 1.807) is 33.8 Å². The third-order valence-corrected chi connectivity index (χ3v) is 4.88. The normalized spacial score (nSPS) is 25.3. The second-order valence-electron chi connectivity index (χ2n) is 6.22. The van der Waals surface area contributed by atoms with Gasteiger partial charge in [-0.1, -0.05) is 0 Å². The van der Waals surface area contributed by atoms with Crippen molar-refractivity contribution in [3.63, 3.8) is 0 Å². The number of nitrogens with zero attached hydrogens (tertiary/aromatic N) is 4. The zero-order valence-corrected chi connectivity index (χ0v) is 12.9. The molecule has 120 valence electrons. The first-order chi connectivity index (χ1) is 10.6. The van der Waals surface area contributed by atoms with Crippen LogP contribution >= 0.6 is 0 Å². The molecule has 2 saturated heterocycles. The highest BCUT2D eigenvalue weighted by Gasteiger charge is 2.49. The third-order valence-electron chi connectivity index (χ3n) is 4.88. The van der Waals surface area contributed by atoms with Crippen LogP contribution in [0.1, 0.15) is 29.8 Å². The number of carbonyl (C=O) groups is 2. The number of aliphatic hydroxyl groups is 1. The molecule has 2 fully saturated rings. The number of hydrogen-bond donors (Lipinski definition) is 1. The lowest BCUT2D eigenvalue weighted by molar-refractivity contribution is -0.146. The van der Waals surface area contributed by atoms with Crippen LogP contribution < -0.4 is 0 Å². The molecule has 0 unspecified atom stereocenters. The molecule has 0 aliphatic carbocycles. The Morgan fingerprint density at radius 1 is 1.41 bits per heavy atom. The van der Waals surface area contributed by atoms with Crippen molar-refractivity contribution < 1.29 is 14.7 Å². The van der Waals surface area contributed by atoms with Gasteiger partial charge in [-0.25, -0.2) is 0 Å². The molecule has 0 bridgehead atoms. The van der Waals surface area contributed by atoms with E-state index >= 15 is 0 Å². The first-order valence-electron chi connectivity index (χ1n) is 7.75. The van der Waals surface area contributed by atoms with E-state index < -0.39 is 5.41 Å². The minimum atomic E-state index is -0.457. The molecule has 0 aromatic carbocycles. The SMILES string of the molecule is Cn1nccc1C(=O)N1CC[C@@]2(CCCN(CCO)C2=O)C1. The van der Waals surface area contributed by atoms with Gasteiger partial charge in [-0.05, 0) is 25.3 Å². The molecule has 1 aromatic heterocycles. The van der Waals surface area contributed by atoms with Crippen LogP contribution in [0.5, 0.6) is 0 Å². The number of hydrogen-bond acceptors (Lipinski definition) is 4. The molecule has 22 heavy (non-hydrogen) atoms. The van der Waals surface area contributed by atoms with E-state index in [0.717, 1.165) is 12.8 Å². The molecular formula is C15H22N4O3. The average molecular weight is 306 g/mol. The number of aromatic nitrogens is 2. The molecule has 0 saturated carbocycles. The summed E-state index contributed by atoms with van der Waals surface area (Å²) in [6, 6.07) is 1.70. The standard InChI is InChI=1S/C15H22N4O3/c1-17-12(3-6-16-17)13(21)19-8-5-15(11-19)4-2-7-18(9-10-20)14(15)22/h3,6,20H,2,4-5,7-11H2,1H3/t15-/m0/s1. The summed E-state index contributed by atoms with van der Waals surface area (Å²) < 4.78 is 1.56. The van der Waals surface area contributed by atoms with Gasteiger partial charge < -0.3 is 14.9 Å². The monoisotopic (exact) mass is 306 g/mol. The molecule has 1 aromatic rings. The van der Waals surface area contributed by atoms with Gasteiger partial charge in [0.1, 0.15) is 5.69 Å². The number of piperidine rings is 1. The fourth-order valence-corrected chi connectivity index (χ4v) is 3.66. The summed E-state index contributed by atoms with van der Waals surface area (Å²) in [6.45, 7) is 2.15. The maximum atomic E-state index is 12.7. The predicted octanol–water partition coefficient (Wildman–Crippen LogP) is -0.133. The van der Waals surface area contributed by atoms with Gasteiger partial charge in [-0.3, -0.25) is 14.3 Å². The Kier molecular flexibility index (Phi) is 3.90. The zero-order chi connectivity index (χ0) is 15.7. The van der Waals surface area contributed by atoms with Crippen LogP contribution in [-0.4, -0.2) is 69.3 Å². The zero-order valence-electron chi connectivity index (χ0n) is 12.9. The second-order valence-corrected chi connectivity index (χ2v) is 6.22. The van der Waals surface area contributed by atoms with Crippen molar-refractivity contribution in [3.8, 4) is 0 Å². The number of rotatable bonds is 3. The van der Waals surface area contributed by atoms with Crippen molar-refractivity contribution in [1.82, 2.24) is 19.6 Å². The lowest BCUT2D eigenvalue weighted by atomic mass is 9.78. The van der Waals surface area contributed by atoms with Crippen LogP contribution in [0.3, 0.4) is 0 Å². The van der Waals surface area contributed by atoms with Gasteiger partial charge in [0, 0.05) is 39.4 Å². The van der Waals surface area contributed by atoms with Gasteiger partial charge in [-0.2, -0.15) is 5.10 Å². The molecule has 3 rings (SSSR count). The van der Waals surface area contributed by atoms with E-state index in [1.807, 2.05) is 0 Å². The number of likely N-dealkylation sites (tertiary alicyclic amines) is 2. The molecule has 7 heteroatoms. The van der Waals surface area contributed by atoms with Crippen molar-refractivity contribution in [2.75, 3.05) is 32.8 Å². The maximum absolute atomic E-state index is 12.7. The summed E-state index contributed by atoms with van der Waals surface area (Å²) in [7, 11) is 1.74. The Morgan fingerprint density at radius 2 is 2.23 bits per heavy atom. The Morgan fingerprint density at radius 3 is 2.91 bits per heavy atom. The smallest absolute Gasteiger partial charge is 0.272 e. The Hall–Kier alpha value is -1.89. The van der Waals surface area contributed by atoms with Crippen LogP contribution in [0.4, 0.5) is 0 Å². The lowest BCUT2D eigenvalue weighted by Gasteiger charge is -2.39. The quantitative estimate of drug-likeness (QED) is 0.843. The van der Waals surface area contributed by atoms with Crippen LogP contribution in [-0.2, 0) is 11.8 Å². The molecule has 1 spiro atoms.